The zero-order chi connectivity index (χ0) is 27.9. The van der Waals surface area contributed by atoms with Gasteiger partial charge in [0.2, 0.25) is 0 Å². The van der Waals surface area contributed by atoms with Crippen molar-refractivity contribution in [2.45, 2.75) is 26.1 Å². The van der Waals surface area contributed by atoms with E-state index in [1.165, 1.54) is 10.7 Å². The van der Waals surface area contributed by atoms with E-state index >= 15 is 0 Å². The van der Waals surface area contributed by atoms with Gasteiger partial charge in [0.15, 0.2) is 5.69 Å². The average molecular weight is 539 g/mol. The molecule has 200 valence electrons. The molecule has 0 bridgehead atoms. The zero-order valence-electron chi connectivity index (χ0n) is 20.6. The van der Waals surface area contributed by atoms with E-state index in [2.05, 4.69) is 20.7 Å². The molecule has 1 aliphatic rings. The van der Waals surface area contributed by atoms with Crippen molar-refractivity contribution in [1.29, 1.82) is 0 Å². The average Bonchev–Trinajstić information content (AvgIpc) is 3.31. The molecule has 4 aromatic rings. The minimum atomic E-state index is -4.90. The number of esters is 1. The molecule has 1 aliphatic heterocycles. The monoisotopic (exact) mass is 539 g/mol. The van der Waals surface area contributed by atoms with Crippen molar-refractivity contribution in [2.75, 3.05) is 17.2 Å². The standard InChI is InChI=1S/C27H21F4N5O3/c1-3-39-26(38)21-12-22-33-14(2)23(25(37)34-18-6-4-17-13-32-9-8-15(17)10-18)24(36(22)35-21)16-5-7-19(20(28)11-16)27(29,30)31/h4-13,24,33H,3H2,1-2H3,(H,34,37). The number of benzene rings is 2. The van der Waals surface area contributed by atoms with Crippen LogP contribution in [0, 0.1) is 5.82 Å². The maximum absolute atomic E-state index is 14.7. The Hall–Kier alpha value is -4.74. The first-order chi connectivity index (χ1) is 18.6. The number of rotatable bonds is 5. The lowest BCUT2D eigenvalue weighted by Crippen LogP contribution is -2.31. The van der Waals surface area contributed by atoms with Crippen LogP contribution in [0.1, 0.15) is 41.5 Å². The van der Waals surface area contributed by atoms with Gasteiger partial charge in [-0.2, -0.15) is 18.3 Å². The molecule has 3 heterocycles. The molecule has 1 atom stereocenters. The van der Waals surface area contributed by atoms with Crippen molar-refractivity contribution in [3.8, 4) is 0 Å². The summed E-state index contributed by atoms with van der Waals surface area (Å²) in [6.07, 6.45) is -1.61. The predicted molar refractivity (Wildman–Crippen MR) is 134 cm³/mol. The third-order valence-corrected chi connectivity index (χ3v) is 6.22. The fraction of sp³-hybridized carbons (Fsp3) is 0.185. The van der Waals surface area contributed by atoms with E-state index in [0.29, 0.717) is 17.5 Å². The van der Waals surface area contributed by atoms with Crippen LogP contribution >= 0.6 is 0 Å². The number of carbonyl (C=O) groups excluding carboxylic acids is 2. The fourth-order valence-electron chi connectivity index (χ4n) is 4.47. The van der Waals surface area contributed by atoms with Crippen LogP contribution in [0.5, 0.6) is 0 Å². The molecule has 0 radical (unpaired) electrons. The van der Waals surface area contributed by atoms with E-state index in [9.17, 15) is 27.2 Å². The maximum atomic E-state index is 14.7. The Morgan fingerprint density at radius 3 is 2.62 bits per heavy atom. The summed E-state index contributed by atoms with van der Waals surface area (Å²) < 4.78 is 60.7. The number of nitrogens with one attached hydrogen (secondary N) is 2. The normalized spacial score (nSPS) is 15.1. The van der Waals surface area contributed by atoms with Crippen molar-refractivity contribution in [3.05, 3.63) is 94.8 Å². The first kappa shape index (κ1) is 25.9. The molecule has 5 rings (SSSR count). The second-order valence-electron chi connectivity index (χ2n) is 8.77. The molecule has 39 heavy (non-hydrogen) atoms. The van der Waals surface area contributed by atoms with Crippen LogP contribution in [0.25, 0.3) is 10.8 Å². The number of aromatic nitrogens is 3. The van der Waals surface area contributed by atoms with Crippen LogP contribution in [0.4, 0.5) is 29.1 Å². The van der Waals surface area contributed by atoms with Crippen LogP contribution in [0.15, 0.2) is 72.2 Å². The Kier molecular flexibility index (Phi) is 6.54. The van der Waals surface area contributed by atoms with Gasteiger partial charge >= 0.3 is 12.1 Å². The summed E-state index contributed by atoms with van der Waals surface area (Å²) in [6, 6.07) is 9.62. The van der Waals surface area contributed by atoms with Gasteiger partial charge in [-0.3, -0.25) is 9.78 Å². The minimum Gasteiger partial charge on any atom is -0.461 e. The second kappa shape index (κ2) is 9.86. The molecule has 2 aromatic carbocycles. The molecule has 0 saturated carbocycles. The van der Waals surface area contributed by atoms with Gasteiger partial charge in [-0.05, 0) is 55.1 Å². The van der Waals surface area contributed by atoms with Crippen LogP contribution in [-0.4, -0.2) is 33.2 Å². The summed E-state index contributed by atoms with van der Waals surface area (Å²) in [5, 5.41) is 11.7. The van der Waals surface area contributed by atoms with Crippen LogP contribution in [0.2, 0.25) is 0 Å². The number of halogens is 4. The van der Waals surface area contributed by atoms with Gasteiger partial charge in [0.1, 0.15) is 17.7 Å². The van der Waals surface area contributed by atoms with Crippen molar-refractivity contribution in [1.82, 2.24) is 14.8 Å². The molecular formula is C27H21F4N5O3. The molecule has 0 saturated heterocycles. The highest BCUT2D eigenvalue weighted by molar-refractivity contribution is 6.07. The summed E-state index contributed by atoms with van der Waals surface area (Å²) in [7, 11) is 0. The van der Waals surface area contributed by atoms with Crippen LogP contribution < -0.4 is 10.6 Å². The molecule has 1 unspecified atom stereocenters. The Bertz CT molecular complexity index is 1640. The third-order valence-electron chi connectivity index (χ3n) is 6.22. The molecule has 8 nitrogen and oxygen atoms in total. The number of hydrogen-bond donors (Lipinski definition) is 2. The Morgan fingerprint density at radius 2 is 1.90 bits per heavy atom. The molecule has 0 aliphatic carbocycles. The molecule has 0 spiro atoms. The van der Waals surface area contributed by atoms with Crippen molar-refractivity contribution >= 4 is 34.2 Å². The summed E-state index contributed by atoms with van der Waals surface area (Å²) in [4.78, 5) is 30.0. The quantitative estimate of drug-likeness (QED) is 0.250. The lowest BCUT2D eigenvalue weighted by Gasteiger charge is -2.30. The number of allylic oxidation sites excluding steroid dienone is 1. The van der Waals surface area contributed by atoms with E-state index < -0.39 is 35.5 Å². The van der Waals surface area contributed by atoms with Crippen LogP contribution in [-0.2, 0) is 15.7 Å². The van der Waals surface area contributed by atoms with Crippen molar-refractivity contribution < 1.29 is 31.9 Å². The lowest BCUT2D eigenvalue weighted by atomic mass is 9.93. The second-order valence-corrected chi connectivity index (χ2v) is 8.77. The van der Waals surface area contributed by atoms with E-state index in [1.54, 1.807) is 50.5 Å². The molecule has 1 amide bonds. The number of ether oxygens (including phenoxy) is 1. The number of alkyl halides is 3. The van der Waals surface area contributed by atoms with E-state index in [-0.39, 0.29) is 29.3 Å². The van der Waals surface area contributed by atoms with Gasteiger partial charge in [0.25, 0.3) is 5.91 Å². The summed E-state index contributed by atoms with van der Waals surface area (Å²) in [5.41, 5.74) is -0.647. The Labute approximate surface area is 219 Å². The third kappa shape index (κ3) is 4.92. The van der Waals surface area contributed by atoms with Gasteiger partial charge in [-0.15, -0.1) is 0 Å². The SMILES string of the molecule is CCOC(=O)c1cc2n(n1)C(c1ccc(C(F)(F)F)c(F)c1)C(C(=O)Nc1ccc3cnccc3c1)=C(C)N2. The topological polar surface area (TPSA) is 98.1 Å². The molecule has 12 heteroatoms. The fourth-order valence-corrected chi connectivity index (χ4v) is 4.47. The van der Waals surface area contributed by atoms with E-state index in [1.807, 2.05) is 0 Å². The smallest absolute Gasteiger partial charge is 0.419 e. The summed E-state index contributed by atoms with van der Waals surface area (Å²) >= 11 is 0. The highest BCUT2D eigenvalue weighted by Gasteiger charge is 2.38. The van der Waals surface area contributed by atoms with Crippen molar-refractivity contribution in [3.63, 3.8) is 0 Å². The van der Waals surface area contributed by atoms with Gasteiger partial charge in [-0.25, -0.2) is 13.9 Å². The first-order valence-corrected chi connectivity index (χ1v) is 11.8. The number of carbonyl (C=O) groups is 2. The summed E-state index contributed by atoms with van der Waals surface area (Å²) in [6.45, 7) is 3.31. The number of nitrogens with zero attached hydrogens (tertiary/aromatic N) is 3. The molecular weight excluding hydrogens is 518 g/mol. The number of fused-ring (bicyclic) bond motifs is 2. The predicted octanol–water partition coefficient (Wildman–Crippen LogP) is 5.69. The number of pyridine rings is 1. The largest absolute Gasteiger partial charge is 0.461 e. The first-order valence-electron chi connectivity index (χ1n) is 11.8. The van der Waals surface area contributed by atoms with Gasteiger partial charge in [-0.1, -0.05) is 12.1 Å². The molecule has 2 N–H and O–H groups in total. The Balaban J connectivity index is 1.59. The van der Waals surface area contributed by atoms with Gasteiger partial charge in [0, 0.05) is 35.2 Å². The minimum absolute atomic E-state index is 0.0239. The summed E-state index contributed by atoms with van der Waals surface area (Å²) in [5.74, 6) is -2.56. The highest BCUT2D eigenvalue weighted by atomic mass is 19.4. The highest BCUT2D eigenvalue weighted by Crippen LogP contribution is 2.39. The lowest BCUT2D eigenvalue weighted by molar-refractivity contribution is -0.140. The molecule has 0 fully saturated rings. The molecule has 2 aromatic heterocycles. The Morgan fingerprint density at radius 1 is 1.10 bits per heavy atom. The number of anilines is 2. The number of amides is 1. The van der Waals surface area contributed by atoms with Gasteiger partial charge < -0.3 is 15.4 Å². The van der Waals surface area contributed by atoms with Crippen molar-refractivity contribution in [2.24, 2.45) is 0 Å². The van der Waals surface area contributed by atoms with Gasteiger partial charge in [0.05, 0.1) is 17.7 Å². The van der Waals surface area contributed by atoms with E-state index in [0.717, 1.165) is 22.9 Å². The number of hydrogen-bond acceptors (Lipinski definition) is 6. The zero-order valence-corrected chi connectivity index (χ0v) is 20.6. The maximum Gasteiger partial charge on any atom is 0.419 e. The van der Waals surface area contributed by atoms with E-state index in [4.69, 9.17) is 4.74 Å². The van der Waals surface area contributed by atoms with Crippen LogP contribution in [0.3, 0.4) is 0 Å².